The third kappa shape index (κ3) is 7.94. The van der Waals surface area contributed by atoms with Crippen molar-refractivity contribution in [1.29, 1.82) is 0 Å². The molecule has 1 aliphatic rings. The topological polar surface area (TPSA) is 29.5 Å². The molecular weight excluding hydrogens is 166 g/mol. The quantitative estimate of drug-likeness (QED) is 0.624. The highest BCUT2D eigenvalue weighted by atomic mass is 16.5. The number of carbonyl (C=O) groups is 1. The first-order chi connectivity index (χ1) is 6.35. The van der Waals surface area contributed by atoms with Crippen LogP contribution in [0, 0.1) is 0 Å². The van der Waals surface area contributed by atoms with Crippen molar-refractivity contribution in [3.8, 4) is 0 Å². The Balaban J connectivity index is 0.000000310. The number of nitrogens with zero attached hydrogens (tertiary/aromatic N) is 1. The van der Waals surface area contributed by atoms with E-state index in [9.17, 15) is 4.79 Å². The molecule has 0 radical (unpaired) electrons. The van der Waals surface area contributed by atoms with E-state index in [0.29, 0.717) is 6.42 Å². The molecule has 0 saturated carbocycles. The van der Waals surface area contributed by atoms with Gasteiger partial charge in [0.2, 0.25) is 0 Å². The number of carbonyl (C=O) groups excluding carboxylic acids is 1. The van der Waals surface area contributed by atoms with Crippen LogP contribution in [0.25, 0.3) is 0 Å². The summed E-state index contributed by atoms with van der Waals surface area (Å²) in [6, 6.07) is 0. The van der Waals surface area contributed by atoms with Gasteiger partial charge in [-0.2, -0.15) is 0 Å². The van der Waals surface area contributed by atoms with E-state index < -0.39 is 0 Å². The van der Waals surface area contributed by atoms with Crippen LogP contribution < -0.4 is 0 Å². The van der Waals surface area contributed by atoms with Gasteiger partial charge in [0.15, 0.2) is 0 Å². The molecule has 78 valence electrons. The normalized spacial score (nSPS) is 17.4. The van der Waals surface area contributed by atoms with Crippen molar-refractivity contribution < 1.29 is 9.53 Å². The summed E-state index contributed by atoms with van der Waals surface area (Å²) in [4.78, 5) is 11.6. The fourth-order valence-corrected chi connectivity index (χ4v) is 1.14. The van der Waals surface area contributed by atoms with Crippen LogP contribution in [0.15, 0.2) is 0 Å². The molecule has 0 N–H and O–H groups in total. The van der Waals surface area contributed by atoms with E-state index >= 15 is 0 Å². The lowest BCUT2D eigenvalue weighted by atomic mass is 10.4. The molecular formula is C10H21NO2. The van der Waals surface area contributed by atoms with Gasteiger partial charge >= 0.3 is 0 Å². The fourth-order valence-electron chi connectivity index (χ4n) is 1.14. The Kier molecular flexibility index (Phi) is 9.37. The number of rotatable bonds is 3. The van der Waals surface area contributed by atoms with Crippen LogP contribution in [-0.4, -0.2) is 44.0 Å². The Hall–Kier alpha value is -0.410. The first kappa shape index (κ1) is 12.6. The maximum atomic E-state index is 9.17. The maximum absolute atomic E-state index is 9.17. The zero-order valence-corrected chi connectivity index (χ0v) is 8.79. The average Bonchev–Trinajstić information content (AvgIpc) is 2.20. The van der Waals surface area contributed by atoms with Crippen molar-refractivity contribution in [3.05, 3.63) is 0 Å². The monoisotopic (exact) mass is 187 g/mol. The Morgan fingerprint density at radius 1 is 1.31 bits per heavy atom. The smallest absolute Gasteiger partial charge is 0.119 e. The third-order valence-corrected chi connectivity index (χ3v) is 1.81. The van der Waals surface area contributed by atoms with E-state index in [1.165, 1.54) is 13.0 Å². The summed E-state index contributed by atoms with van der Waals surface area (Å²) in [6.45, 7) is 9.40. The predicted molar refractivity (Wildman–Crippen MR) is 53.9 cm³/mol. The van der Waals surface area contributed by atoms with Crippen molar-refractivity contribution in [3.63, 3.8) is 0 Å². The van der Waals surface area contributed by atoms with Crippen molar-refractivity contribution in [2.24, 2.45) is 0 Å². The van der Waals surface area contributed by atoms with Gasteiger partial charge < -0.3 is 9.53 Å². The number of hydrogen-bond acceptors (Lipinski definition) is 3. The summed E-state index contributed by atoms with van der Waals surface area (Å²) in [5, 5.41) is 0. The summed E-state index contributed by atoms with van der Waals surface area (Å²) < 4.78 is 5.20. The van der Waals surface area contributed by atoms with Crippen LogP contribution in [0.1, 0.15) is 26.7 Å². The minimum atomic E-state index is 0.639. The van der Waals surface area contributed by atoms with Gasteiger partial charge in [-0.25, -0.2) is 0 Å². The van der Waals surface area contributed by atoms with Crippen LogP contribution in [0.5, 0.6) is 0 Å². The molecule has 1 saturated heterocycles. The number of morpholine rings is 1. The standard InChI is InChI=1S/C7H15NO.C3H6O/c1-2-3-8-4-6-9-7-5-8;1-2-3-4/h2-7H2,1H3;3H,2H2,1H3. The largest absolute Gasteiger partial charge is 0.379 e. The van der Waals surface area contributed by atoms with Gasteiger partial charge in [-0.3, -0.25) is 4.90 Å². The molecule has 3 nitrogen and oxygen atoms in total. The summed E-state index contributed by atoms with van der Waals surface area (Å²) in [6.07, 6.45) is 2.78. The second-order valence-corrected chi connectivity index (χ2v) is 3.03. The summed E-state index contributed by atoms with van der Waals surface area (Å²) in [5.74, 6) is 0. The Morgan fingerprint density at radius 2 is 1.85 bits per heavy atom. The predicted octanol–water partition coefficient (Wildman–Crippen LogP) is 1.32. The fraction of sp³-hybridized carbons (Fsp3) is 0.900. The summed E-state index contributed by atoms with van der Waals surface area (Å²) in [7, 11) is 0. The SMILES string of the molecule is CCC=O.CCCN1CCOCC1. The first-order valence-electron chi connectivity index (χ1n) is 5.08. The van der Waals surface area contributed by atoms with E-state index in [4.69, 9.17) is 4.74 Å². The van der Waals surface area contributed by atoms with Gasteiger partial charge in [0.25, 0.3) is 0 Å². The molecule has 0 aromatic heterocycles. The van der Waals surface area contributed by atoms with E-state index in [-0.39, 0.29) is 0 Å². The number of ether oxygens (including phenoxy) is 1. The molecule has 3 heteroatoms. The van der Waals surface area contributed by atoms with Crippen LogP contribution in [0.2, 0.25) is 0 Å². The lowest BCUT2D eigenvalue weighted by Crippen LogP contribution is -2.36. The van der Waals surface area contributed by atoms with Crippen molar-refractivity contribution >= 4 is 6.29 Å². The van der Waals surface area contributed by atoms with Gasteiger partial charge in [0.05, 0.1) is 13.2 Å². The molecule has 0 bridgehead atoms. The lowest BCUT2D eigenvalue weighted by molar-refractivity contribution is -0.107. The minimum absolute atomic E-state index is 0.639. The van der Waals surface area contributed by atoms with Gasteiger partial charge in [-0.05, 0) is 13.0 Å². The Bertz CT molecular complexity index is 109. The highest BCUT2D eigenvalue weighted by molar-refractivity contribution is 5.48. The zero-order chi connectivity index (χ0) is 9.94. The first-order valence-corrected chi connectivity index (χ1v) is 5.08. The molecule has 1 aliphatic heterocycles. The Labute approximate surface area is 81.1 Å². The molecule has 1 heterocycles. The highest BCUT2D eigenvalue weighted by Gasteiger charge is 2.07. The van der Waals surface area contributed by atoms with Crippen LogP contribution >= 0.6 is 0 Å². The van der Waals surface area contributed by atoms with E-state index in [1.54, 1.807) is 0 Å². The number of hydrogen-bond donors (Lipinski definition) is 0. The average molecular weight is 187 g/mol. The third-order valence-electron chi connectivity index (χ3n) is 1.81. The second kappa shape index (κ2) is 9.68. The van der Waals surface area contributed by atoms with E-state index in [2.05, 4.69) is 11.8 Å². The zero-order valence-electron chi connectivity index (χ0n) is 8.79. The molecule has 0 aromatic rings. The summed E-state index contributed by atoms with van der Waals surface area (Å²) >= 11 is 0. The van der Waals surface area contributed by atoms with Crippen molar-refractivity contribution in [1.82, 2.24) is 4.90 Å². The summed E-state index contributed by atoms with van der Waals surface area (Å²) in [5.41, 5.74) is 0. The van der Waals surface area contributed by atoms with Crippen LogP contribution in [0.4, 0.5) is 0 Å². The lowest BCUT2D eigenvalue weighted by Gasteiger charge is -2.25. The molecule has 1 fully saturated rings. The minimum Gasteiger partial charge on any atom is -0.379 e. The second-order valence-electron chi connectivity index (χ2n) is 3.03. The van der Waals surface area contributed by atoms with Crippen LogP contribution in [0.3, 0.4) is 0 Å². The van der Waals surface area contributed by atoms with Gasteiger partial charge in [-0.1, -0.05) is 13.8 Å². The van der Waals surface area contributed by atoms with E-state index in [0.717, 1.165) is 32.6 Å². The number of aldehydes is 1. The Morgan fingerprint density at radius 3 is 2.23 bits per heavy atom. The van der Waals surface area contributed by atoms with Crippen molar-refractivity contribution in [2.75, 3.05) is 32.8 Å². The molecule has 0 unspecified atom stereocenters. The van der Waals surface area contributed by atoms with Gasteiger partial charge in [0.1, 0.15) is 6.29 Å². The molecule has 1 rings (SSSR count). The van der Waals surface area contributed by atoms with Crippen LogP contribution in [-0.2, 0) is 9.53 Å². The van der Waals surface area contributed by atoms with Gasteiger partial charge in [0, 0.05) is 19.5 Å². The molecule has 13 heavy (non-hydrogen) atoms. The molecule has 0 spiro atoms. The van der Waals surface area contributed by atoms with E-state index in [1.807, 2.05) is 6.92 Å². The molecule has 0 atom stereocenters. The molecule has 0 amide bonds. The maximum Gasteiger partial charge on any atom is 0.119 e. The van der Waals surface area contributed by atoms with Crippen molar-refractivity contribution in [2.45, 2.75) is 26.7 Å². The highest BCUT2D eigenvalue weighted by Crippen LogP contribution is 1.96. The molecule has 0 aliphatic carbocycles. The van der Waals surface area contributed by atoms with Gasteiger partial charge in [-0.15, -0.1) is 0 Å². The molecule has 0 aromatic carbocycles.